The van der Waals surface area contributed by atoms with Gasteiger partial charge in [-0.3, -0.25) is 0 Å². The average molecular weight is 392 g/mol. The zero-order chi connectivity index (χ0) is 19.3. The van der Waals surface area contributed by atoms with Gasteiger partial charge in [-0.15, -0.1) is 0 Å². The summed E-state index contributed by atoms with van der Waals surface area (Å²) in [6, 6.07) is 10.7. The molecule has 0 bridgehead atoms. The van der Waals surface area contributed by atoms with Gasteiger partial charge in [0.05, 0.1) is 18.6 Å². The Hall–Kier alpha value is -2.48. The van der Waals surface area contributed by atoms with Crippen molar-refractivity contribution in [3.8, 4) is 5.75 Å². The summed E-state index contributed by atoms with van der Waals surface area (Å²) in [7, 11) is -1.67. The zero-order valence-corrected chi connectivity index (χ0v) is 16.1. The van der Waals surface area contributed by atoms with Gasteiger partial charge in [-0.25, -0.2) is 13.2 Å². The molecular formula is C19H24N2O5S. The molecule has 0 radical (unpaired) electrons. The number of amides is 2. The smallest absolute Gasteiger partial charge is 0.317 e. The molecule has 146 valence electrons. The number of nitrogens with one attached hydrogen (secondary N) is 1. The number of sulfone groups is 1. The Morgan fingerprint density at radius 1 is 1.22 bits per heavy atom. The van der Waals surface area contributed by atoms with Crippen molar-refractivity contribution in [1.82, 2.24) is 10.2 Å². The maximum atomic E-state index is 12.5. The quantitative estimate of drug-likeness (QED) is 0.816. The summed E-state index contributed by atoms with van der Waals surface area (Å²) < 4.78 is 35.3. The molecular weight excluding hydrogens is 368 g/mol. The highest BCUT2D eigenvalue weighted by Gasteiger charge is 2.32. The average Bonchev–Trinajstić information content (AvgIpc) is 3.19. The lowest BCUT2D eigenvalue weighted by Crippen LogP contribution is -2.46. The maximum Gasteiger partial charge on any atom is 0.317 e. The standard InChI is InChI=1S/C19H24N2O5S/c1-25-16-6-4-15(5-7-16)13-20-19(22)21-10-8-18(9-11-21)27(23,24)14-17-3-2-12-26-17/h2-7,12,18H,8-11,13-14H2,1H3,(H,20,22). The van der Waals surface area contributed by atoms with Crippen LogP contribution in [-0.2, 0) is 22.1 Å². The minimum atomic E-state index is -3.28. The summed E-state index contributed by atoms with van der Waals surface area (Å²) in [5.41, 5.74) is 0.972. The second kappa shape index (κ2) is 8.47. The number of urea groups is 1. The van der Waals surface area contributed by atoms with Crippen LogP contribution < -0.4 is 10.1 Å². The summed E-state index contributed by atoms with van der Waals surface area (Å²) in [5.74, 6) is 1.13. The summed E-state index contributed by atoms with van der Waals surface area (Å²) in [5, 5.41) is 2.44. The van der Waals surface area contributed by atoms with Gasteiger partial charge in [-0.1, -0.05) is 12.1 Å². The Balaban J connectivity index is 1.47. The number of benzene rings is 1. The van der Waals surface area contributed by atoms with Crippen molar-refractivity contribution in [1.29, 1.82) is 0 Å². The van der Waals surface area contributed by atoms with E-state index >= 15 is 0 Å². The van der Waals surface area contributed by atoms with E-state index < -0.39 is 15.1 Å². The van der Waals surface area contributed by atoms with E-state index in [9.17, 15) is 13.2 Å². The van der Waals surface area contributed by atoms with Crippen molar-refractivity contribution in [2.24, 2.45) is 0 Å². The molecule has 1 fully saturated rings. The monoisotopic (exact) mass is 392 g/mol. The summed E-state index contributed by atoms with van der Waals surface area (Å²) in [6.07, 6.45) is 2.36. The molecule has 8 heteroatoms. The van der Waals surface area contributed by atoms with E-state index in [0.717, 1.165) is 11.3 Å². The molecule has 1 aromatic heterocycles. The first-order valence-corrected chi connectivity index (χ1v) is 10.6. The Morgan fingerprint density at radius 2 is 1.93 bits per heavy atom. The number of hydrogen-bond donors (Lipinski definition) is 1. The van der Waals surface area contributed by atoms with Crippen LogP contribution >= 0.6 is 0 Å². The molecule has 2 aromatic rings. The van der Waals surface area contributed by atoms with Crippen LogP contribution in [0.25, 0.3) is 0 Å². The van der Waals surface area contributed by atoms with Gasteiger partial charge in [0.2, 0.25) is 0 Å². The van der Waals surface area contributed by atoms with Gasteiger partial charge in [0.25, 0.3) is 0 Å². The summed E-state index contributed by atoms with van der Waals surface area (Å²) in [4.78, 5) is 14.0. The Labute approximate surface area is 159 Å². The Kier molecular flexibility index (Phi) is 6.05. The molecule has 7 nitrogen and oxygen atoms in total. The second-order valence-corrected chi connectivity index (χ2v) is 8.86. The topological polar surface area (TPSA) is 88.9 Å². The van der Waals surface area contributed by atoms with E-state index in [1.54, 1.807) is 24.1 Å². The molecule has 0 aliphatic carbocycles. The summed E-state index contributed by atoms with van der Waals surface area (Å²) >= 11 is 0. The van der Waals surface area contributed by atoms with E-state index in [1.165, 1.54) is 6.26 Å². The number of carbonyl (C=O) groups excluding carboxylic acids is 1. The van der Waals surface area contributed by atoms with Crippen LogP contribution in [0.3, 0.4) is 0 Å². The molecule has 0 saturated carbocycles. The van der Waals surface area contributed by atoms with Crippen LogP contribution in [-0.4, -0.2) is 44.8 Å². The van der Waals surface area contributed by atoms with Crippen LogP contribution in [0.5, 0.6) is 5.75 Å². The van der Waals surface area contributed by atoms with Crippen molar-refractivity contribution in [3.05, 3.63) is 54.0 Å². The Morgan fingerprint density at radius 3 is 2.52 bits per heavy atom. The van der Waals surface area contributed by atoms with E-state index in [-0.39, 0.29) is 11.8 Å². The fraction of sp³-hybridized carbons (Fsp3) is 0.421. The maximum absolute atomic E-state index is 12.5. The normalized spacial score (nSPS) is 15.5. The molecule has 1 saturated heterocycles. The minimum Gasteiger partial charge on any atom is -0.497 e. The number of nitrogens with zero attached hydrogens (tertiary/aromatic N) is 1. The number of ether oxygens (including phenoxy) is 1. The lowest BCUT2D eigenvalue weighted by Gasteiger charge is -2.31. The predicted octanol–water partition coefficient (Wildman–Crippen LogP) is 2.58. The van der Waals surface area contributed by atoms with Gasteiger partial charge in [0.1, 0.15) is 17.3 Å². The summed E-state index contributed by atoms with van der Waals surface area (Å²) in [6.45, 7) is 1.27. The van der Waals surface area contributed by atoms with Crippen molar-refractivity contribution < 1.29 is 22.4 Å². The number of methoxy groups -OCH3 is 1. The van der Waals surface area contributed by atoms with Crippen LogP contribution in [0, 0.1) is 0 Å². The van der Waals surface area contributed by atoms with Gasteiger partial charge >= 0.3 is 6.03 Å². The van der Waals surface area contributed by atoms with E-state index in [2.05, 4.69) is 5.32 Å². The third-order valence-corrected chi connectivity index (χ3v) is 6.94. The molecule has 0 spiro atoms. The highest BCUT2D eigenvalue weighted by molar-refractivity contribution is 7.91. The first kappa shape index (κ1) is 19.3. The van der Waals surface area contributed by atoms with Crippen molar-refractivity contribution in [2.75, 3.05) is 20.2 Å². The van der Waals surface area contributed by atoms with Gasteiger partial charge in [-0.2, -0.15) is 0 Å². The van der Waals surface area contributed by atoms with Crippen LogP contribution in [0.4, 0.5) is 4.79 Å². The lowest BCUT2D eigenvalue weighted by molar-refractivity contribution is 0.186. The third-order valence-electron chi connectivity index (χ3n) is 4.76. The van der Waals surface area contributed by atoms with Gasteiger partial charge in [0, 0.05) is 19.6 Å². The highest BCUT2D eigenvalue weighted by Crippen LogP contribution is 2.22. The molecule has 2 heterocycles. The number of likely N-dealkylation sites (tertiary alicyclic amines) is 1. The van der Waals surface area contributed by atoms with Gasteiger partial charge < -0.3 is 19.4 Å². The number of piperidine rings is 1. The van der Waals surface area contributed by atoms with Crippen molar-refractivity contribution in [3.63, 3.8) is 0 Å². The molecule has 1 aromatic carbocycles. The number of carbonyl (C=O) groups is 1. The van der Waals surface area contributed by atoms with Crippen molar-refractivity contribution >= 4 is 15.9 Å². The molecule has 0 unspecified atom stereocenters. The third kappa shape index (κ3) is 5.03. The molecule has 1 aliphatic rings. The predicted molar refractivity (Wildman–Crippen MR) is 101 cm³/mol. The molecule has 27 heavy (non-hydrogen) atoms. The van der Waals surface area contributed by atoms with Crippen molar-refractivity contribution in [2.45, 2.75) is 30.4 Å². The molecule has 0 atom stereocenters. The molecule has 3 rings (SSSR count). The molecule has 1 aliphatic heterocycles. The van der Waals surface area contributed by atoms with Crippen LogP contribution in [0.2, 0.25) is 0 Å². The number of furan rings is 1. The number of hydrogen-bond acceptors (Lipinski definition) is 5. The first-order chi connectivity index (χ1) is 13.0. The Bertz CT molecular complexity index is 839. The number of rotatable bonds is 6. The van der Waals surface area contributed by atoms with E-state index in [0.29, 0.717) is 38.2 Å². The second-order valence-electron chi connectivity index (χ2n) is 6.58. The zero-order valence-electron chi connectivity index (χ0n) is 15.3. The minimum absolute atomic E-state index is 0.0890. The first-order valence-electron chi connectivity index (χ1n) is 8.87. The SMILES string of the molecule is COc1ccc(CNC(=O)N2CCC(S(=O)(=O)Cc3ccco3)CC2)cc1. The fourth-order valence-corrected chi connectivity index (χ4v) is 4.89. The molecule has 1 N–H and O–H groups in total. The fourth-order valence-electron chi connectivity index (χ4n) is 3.16. The molecule has 2 amide bonds. The van der Waals surface area contributed by atoms with E-state index in [4.69, 9.17) is 9.15 Å². The highest BCUT2D eigenvalue weighted by atomic mass is 32.2. The van der Waals surface area contributed by atoms with Crippen LogP contribution in [0.1, 0.15) is 24.2 Å². The van der Waals surface area contributed by atoms with E-state index in [1.807, 2.05) is 24.3 Å². The van der Waals surface area contributed by atoms with Gasteiger partial charge in [-0.05, 0) is 42.7 Å². The van der Waals surface area contributed by atoms with Crippen LogP contribution in [0.15, 0.2) is 47.1 Å². The largest absolute Gasteiger partial charge is 0.497 e. The lowest BCUT2D eigenvalue weighted by atomic mass is 10.1. The van der Waals surface area contributed by atoms with Gasteiger partial charge in [0.15, 0.2) is 9.84 Å².